The monoisotopic (exact) mass is 595 g/mol. The molecule has 7 nitrogen and oxygen atoms in total. The van der Waals surface area contributed by atoms with Crippen LogP contribution >= 0.6 is 12.4 Å². The second-order valence-electron chi connectivity index (χ2n) is 10.7. The van der Waals surface area contributed by atoms with Crippen molar-refractivity contribution in [1.29, 1.82) is 0 Å². The van der Waals surface area contributed by atoms with Crippen molar-refractivity contribution in [3.8, 4) is 0 Å². The topological polar surface area (TPSA) is 78.0 Å². The van der Waals surface area contributed by atoms with E-state index in [1.165, 1.54) is 21.5 Å². The summed E-state index contributed by atoms with van der Waals surface area (Å²) in [6.07, 6.45) is 6.16. The highest BCUT2D eigenvalue weighted by Gasteiger charge is 2.30. The molecule has 10 heteroatoms. The quantitative estimate of drug-likeness (QED) is 0.455. The van der Waals surface area contributed by atoms with Crippen molar-refractivity contribution in [3.05, 3.63) is 71.8 Å². The molecule has 2 fully saturated rings. The van der Waals surface area contributed by atoms with Crippen LogP contribution in [0.3, 0.4) is 0 Å². The Morgan fingerprint density at radius 3 is 1.41 bits per heavy atom. The summed E-state index contributed by atoms with van der Waals surface area (Å²) in [6, 6.07) is 14.3. The third kappa shape index (κ3) is 7.93. The van der Waals surface area contributed by atoms with Crippen molar-refractivity contribution < 1.29 is 16.8 Å². The van der Waals surface area contributed by atoms with Crippen molar-refractivity contribution in [2.24, 2.45) is 0 Å². The summed E-state index contributed by atoms with van der Waals surface area (Å²) < 4.78 is 57.6. The van der Waals surface area contributed by atoms with Crippen molar-refractivity contribution >= 4 is 32.5 Å². The van der Waals surface area contributed by atoms with Crippen LogP contribution in [-0.4, -0.2) is 75.7 Å². The van der Waals surface area contributed by atoms with Gasteiger partial charge in [-0.1, -0.05) is 54.8 Å². The highest BCUT2D eigenvalue weighted by Crippen LogP contribution is 2.26. The summed E-state index contributed by atoms with van der Waals surface area (Å²) in [6.45, 7) is 10.5. The van der Waals surface area contributed by atoms with Gasteiger partial charge in [0.1, 0.15) is 0 Å². The molecule has 2 aromatic carbocycles. The minimum Gasteiger partial charge on any atom is -0.300 e. The largest absolute Gasteiger partial charge is 0.300 e. The van der Waals surface area contributed by atoms with E-state index in [-0.39, 0.29) is 35.3 Å². The van der Waals surface area contributed by atoms with Gasteiger partial charge in [0.2, 0.25) is 20.0 Å². The Morgan fingerprint density at radius 1 is 0.641 bits per heavy atom. The molecular formula is C29H42ClN3O4S2. The zero-order valence-corrected chi connectivity index (χ0v) is 25.5. The van der Waals surface area contributed by atoms with E-state index in [0.29, 0.717) is 24.7 Å². The molecule has 1 aliphatic carbocycles. The predicted molar refractivity (Wildman–Crippen MR) is 159 cm³/mol. The Balaban J connectivity index is 0.00000420. The highest BCUT2D eigenvalue weighted by molar-refractivity contribution is 7.89. The van der Waals surface area contributed by atoms with E-state index in [1.54, 1.807) is 48.5 Å². The predicted octanol–water partition coefficient (Wildman–Crippen LogP) is 5.00. The summed E-state index contributed by atoms with van der Waals surface area (Å²) in [5.74, 6) is 0. The number of benzene rings is 2. The van der Waals surface area contributed by atoms with E-state index in [9.17, 15) is 16.8 Å². The Labute approximate surface area is 241 Å². The zero-order valence-electron chi connectivity index (χ0n) is 23.1. The van der Waals surface area contributed by atoms with Crippen molar-refractivity contribution in [3.63, 3.8) is 0 Å². The van der Waals surface area contributed by atoms with E-state index in [0.717, 1.165) is 49.9 Å². The van der Waals surface area contributed by atoms with Gasteiger partial charge in [-0.3, -0.25) is 0 Å². The van der Waals surface area contributed by atoms with Gasteiger partial charge in [0.05, 0.1) is 9.79 Å². The number of aryl methyl sites for hydroxylation is 2. The molecule has 4 rings (SSSR count). The van der Waals surface area contributed by atoms with Gasteiger partial charge in [0.25, 0.3) is 0 Å². The third-order valence-electron chi connectivity index (χ3n) is 7.66. The lowest BCUT2D eigenvalue weighted by Crippen LogP contribution is -2.43. The zero-order chi connectivity index (χ0) is 27.3. The van der Waals surface area contributed by atoms with Gasteiger partial charge >= 0.3 is 0 Å². The van der Waals surface area contributed by atoms with E-state index >= 15 is 0 Å². The number of hydrogen-bond donors (Lipinski definition) is 0. The van der Waals surface area contributed by atoms with Crippen LogP contribution in [0.2, 0.25) is 0 Å². The fourth-order valence-electron chi connectivity index (χ4n) is 5.48. The van der Waals surface area contributed by atoms with Gasteiger partial charge in [-0.2, -0.15) is 8.61 Å². The first-order valence-electron chi connectivity index (χ1n) is 13.6. The molecule has 0 aromatic heterocycles. The second kappa shape index (κ2) is 13.7. The maximum absolute atomic E-state index is 13.7. The van der Waals surface area contributed by atoms with E-state index in [4.69, 9.17) is 0 Å². The minimum atomic E-state index is -3.76. The SMILES string of the molecule is C=C1CN(S(=O)(=O)c2ccc(C)cc2)CCCN(C2CCCC2)CCCN(S(=O)(=O)c2ccc(C)cc2)C1.Cl. The van der Waals surface area contributed by atoms with Gasteiger partial charge in [0, 0.05) is 32.2 Å². The molecule has 0 N–H and O–H groups in total. The maximum atomic E-state index is 13.7. The van der Waals surface area contributed by atoms with Gasteiger partial charge in [-0.05, 0) is 82.5 Å². The smallest absolute Gasteiger partial charge is 0.243 e. The average molecular weight is 596 g/mol. The molecular weight excluding hydrogens is 554 g/mol. The Bertz CT molecular complexity index is 1210. The van der Waals surface area contributed by atoms with Crippen LogP contribution in [0.1, 0.15) is 49.7 Å². The van der Waals surface area contributed by atoms with Crippen LogP contribution in [0.4, 0.5) is 0 Å². The molecule has 1 aliphatic heterocycles. The summed E-state index contributed by atoms with van der Waals surface area (Å²) in [7, 11) is -7.52. The third-order valence-corrected chi connectivity index (χ3v) is 11.4. The fraction of sp³-hybridized carbons (Fsp3) is 0.517. The molecule has 0 unspecified atom stereocenters. The Kier molecular flexibility index (Phi) is 11.2. The standard InChI is InChI=1S/C29H41N3O4S2.ClH/c1-24-10-14-28(15-11-24)37(33,34)31-20-6-18-30(27-8-4-5-9-27)19-7-21-32(23-26(3)22-31)38(35,36)29-16-12-25(2)13-17-29;/h10-17,27H,3-9,18-23H2,1-2H3;1H. The van der Waals surface area contributed by atoms with Crippen LogP contribution in [0, 0.1) is 13.8 Å². The molecule has 2 aromatic rings. The summed E-state index contributed by atoms with van der Waals surface area (Å²) in [5, 5.41) is 0. The fourth-order valence-corrected chi connectivity index (χ4v) is 8.48. The number of hydrogen-bond acceptors (Lipinski definition) is 5. The number of sulfonamides is 2. The Hall–Kier alpha value is -1.75. The molecule has 0 radical (unpaired) electrons. The molecule has 1 heterocycles. The molecule has 0 atom stereocenters. The van der Waals surface area contributed by atoms with Crippen molar-refractivity contribution in [2.75, 3.05) is 39.3 Å². The second-order valence-corrected chi connectivity index (χ2v) is 14.6. The summed E-state index contributed by atoms with van der Waals surface area (Å²) in [4.78, 5) is 2.95. The molecule has 2 aliphatic rings. The molecule has 0 spiro atoms. The number of halogens is 1. The van der Waals surface area contributed by atoms with E-state index in [2.05, 4.69) is 11.5 Å². The van der Waals surface area contributed by atoms with Crippen LogP contribution in [0.15, 0.2) is 70.5 Å². The summed E-state index contributed by atoms with van der Waals surface area (Å²) in [5.41, 5.74) is 2.54. The van der Waals surface area contributed by atoms with Crippen LogP contribution < -0.4 is 0 Å². The van der Waals surface area contributed by atoms with Crippen molar-refractivity contribution in [1.82, 2.24) is 13.5 Å². The molecule has 1 saturated heterocycles. The van der Waals surface area contributed by atoms with E-state index in [1.807, 2.05) is 13.8 Å². The number of rotatable bonds is 5. The van der Waals surface area contributed by atoms with Gasteiger partial charge in [-0.25, -0.2) is 16.8 Å². The van der Waals surface area contributed by atoms with Crippen LogP contribution in [-0.2, 0) is 20.0 Å². The average Bonchev–Trinajstić information content (AvgIpc) is 3.41. The van der Waals surface area contributed by atoms with E-state index < -0.39 is 20.0 Å². The van der Waals surface area contributed by atoms with Gasteiger partial charge < -0.3 is 4.90 Å². The van der Waals surface area contributed by atoms with Crippen LogP contribution in [0.5, 0.6) is 0 Å². The minimum absolute atomic E-state index is 0. The first kappa shape index (κ1) is 31.8. The molecule has 0 amide bonds. The normalized spacial score (nSPS) is 20.2. The lowest BCUT2D eigenvalue weighted by Gasteiger charge is -2.33. The molecule has 216 valence electrons. The molecule has 1 saturated carbocycles. The highest BCUT2D eigenvalue weighted by atomic mass is 35.5. The number of nitrogens with zero attached hydrogens (tertiary/aromatic N) is 3. The molecule has 0 bridgehead atoms. The lowest BCUT2D eigenvalue weighted by molar-refractivity contribution is 0.183. The van der Waals surface area contributed by atoms with Gasteiger partial charge in [0.15, 0.2) is 0 Å². The maximum Gasteiger partial charge on any atom is 0.243 e. The summed E-state index contributed by atoms with van der Waals surface area (Å²) >= 11 is 0. The van der Waals surface area contributed by atoms with Crippen LogP contribution in [0.25, 0.3) is 0 Å². The lowest BCUT2D eigenvalue weighted by atomic mass is 10.1. The van der Waals surface area contributed by atoms with Gasteiger partial charge in [-0.15, -0.1) is 12.4 Å². The van der Waals surface area contributed by atoms with Crippen molar-refractivity contribution in [2.45, 2.75) is 68.2 Å². The first-order valence-corrected chi connectivity index (χ1v) is 16.5. The first-order chi connectivity index (χ1) is 18.1. The Morgan fingerprint density at radius 2 is 1.03 bits per heavy atom. The molecule has 39 heavy (non-hydrogen) atoms.